The van der Waals surface area contributed by atoms with Crippen LogP contribution in [0.2, 0.25) is 0 Å². The summed E-state index contributed by atoms with van der Waals surface area (Å²) in [4.78, 5) is 11.0. The zero-order valence-corrected chi connectivity index (χ0v) is 5.49. The Morgan fingerprint density at radius 1 is 1.40 bits per heavy atom. The highest BCUT2D eigenvalue weighted by Crippen LogP contribution is 2.48. The van der Waals surface area contributed by atoms with Crippen molar-refractivity contribution in [3.05, 3.63) is 12.2 Å². The summed E-state index contributed by atoms with van der Waals surface area (Å²) in [5.74, 6) is 1.19. The monoisotopic (exact) mass is 136 g/mol. The lowest BCUT2D eigenvalue weighted by atomic mass is 9.67. The summed E-state index contributed by atoms with van der Waals surface area (Å²) < 4.78 is 5.50. The zero-order chi connectivity index (χ0) is 6.72. The van der Waals surface area contributed by atoms with Gasteiger partial charge in [0.25, 0.3) is 0 Å². The van der Waals surface area contributed by atoms with Crippen LogP contribution in [0.25, 0.3) is 0 Å². The van der Waals surface area contributed by atoms with Crippen molar-refractivity contribution < 1.29 is 9.53 Å². The predicted octanol–water partition coefficient (Wildman–Crippen LogP) is 0.529. The van der Waals surface area contributed by atoms with Gasteiger partial charge in [0.2, 0.25) is 0 Å². The Bertz CT molecular complexity index is 231. The number of rotatable bonds is 0. The van der Waals surface area contributed by atoms with Crippen LogP contribution in [0, 0.1) is 11.8 Å². The summed E-state index contributed by atoms with van der Waals surface area (Å²) in [6, 6.07) is 0. The van der Waals surface area contributed by atoms with Gasteiger partial charge in [0.15, 0.2) is 0 Å². The molecule has 0 unspecified atom stereocenters. The molecule has 2 nitrogen and oxygen atoms in total. The second kappa shape index (κ2) is 1.35. The maximum absolute atomic E-state index is 11.0. The fourth-order valence-electron chi connectivity index (χ4n) is 2.26. The Hall–Kier alpha value is -0.630. The van der Waals surface area contributed by atoms with Gasteiger partial charge in [-0.05, 0) is 0 Å². The molecule has 2 heteroatoms. The van der Waals surface area contributed by atoms with Crippen LogP contribution in [0.3, 0.4) is 0 Å². The third-order valence-corrected chi connectivity index (χ3v) is 2.85. The second-order valence-corrected chi connectivity index (χ2v) is 3.31. The van der Waals surface area contributed by atoms with E-state index in [1.54, 1.807) is 0 Å². The minimum Gasteiger partial charge on any atom is -0.366 e. The van der Waals surface area contributed by atoms with Crippen LogP contribution < -0.4 is 0 Å². The van der Waals surface area contributed by atoms with Gasteiger partial charge in [0.1, 0.15) is 5.78 Å². The first-order chi connectivity index (χ1) is 4.86. The van der Waals surface area contributed by atoms with Gasteiger partial charge < -0.3 is 4.74 Å². The Balaban J connectivity index is 2.03. The van der Waals surface area contributed by atoms with E-state index in [0.29, 0.717) is 11.7 Å². The van der Waals surface area contributed by atoms with Crippen molar-refractivity contribution in [3.63, 3.8) is 0 Å². The molecule has 10 heavy (non-hydrogen) atoms. The topological polar surface area (TPSA) is 26.3 Å². The number of hydrogen-bond acceptors (Lipinski definition) is 2. The summed E-state index contributed by atoms with van der Waals surface area (Å²) >= 11 is 0. The minimum absolute atomic E-state index is 0.149. The maximum Gasteiger partial charge on any atom is 0.139 e. The molecule has 0 aromatic carbocycles. The quantitative estimate of drug-likeness (QED) is 0.454. The number of hydrogen-bond donors (Lipinski definition) is 0. The molecule has 52 valence electrons. The van der Waals surface area contributed by atoms with Crippen LogP contribution in [0.1, 0.15) is 6.42 Å². The first kappa shape index (κ1) is 5.08. The molecular weight excluding hydrogens is 128 g/mol. The number of Topliss-reactive ketones (excluding diaryl/α,β-unsaturated/α-hetero) is 1. The Kier molecular flexibility index (Phi) is 0.684. The third kappa shape index (κ3) is 0.372. The van der Waals surface area contributed by atoms with Crippen LogP contribution in [0.15, 0.2) is 12.2 Å². The van der Waals surface area contributed by atoms with E-state index in [-0.39, 0.29) is 18.1 Å². The van der Waals surface area contributed by atoms with Crippen molar-refractivity contribution in [1.29, 1.82) is 0 Å². The number of ether oxygens (including phenoxy) is 1. The van der Waals surface area contributed by atoms with Crippen LogP contribution >= 0.6 is 0 Å². The van der Waals surface area contributed by atoms with Crippen molar-refractivity contribution in [2.24, 2.45) is 11.8 Å². The molecule has 2 heterocycles. The maximum atomic E-state index is 11.0. The molecule has 2 bridgehead atoms. The van der Waals surface area contributed by atoms with Crippen molar-refractivity contribution in [2.45, 2.75) is 18.6 Å². The van der Waals surface area contributed by atoms with Gasteiger partial charge >= 0.3 is 0 Å². The molecule has 3 rings (SSSR count). The van der Waals surface area contributed by atoms with Gasteiger partial charge in [0, 0.05) is 12.3 Å². The molecular formula is C8H8O2. The molecule has 0 spiro atoms. The number of fused-ring (bicyclic) bond motifs is 5. The van der Waals surface area contributed by atoms with E-state index in [1.807, 2.05) is 6.08 Å². The lowest BCUT2D eigenvalue weighted by Crippen LogP contribution is -2.42. The summed E-state index contributed by atoms with van der Waals surface area (Å²) in [5.41, 5.74) is 0. The highest BCUT2D eigenvalue weighted by molar-refractivity contribution is 5.89. The average Bonchev–Trinajstić information content (AvgIpc) is 2.40. The highest BCUT2D eigenvalue weighted by Gasteiger charge is 2.56. The molecule has 1 saturated heterocycles. The van der Waals surface area contributed by atoms with Crippen molar-refractivity contribution in [3.8, 4) is 0 Å². The number of ketones is 1. The van der Waals surface area contributed by atoms with Gasteiger partial charge in [-0.15, -0.1) is 0 Å². The Morgan fingerprint density at radius 3 is 2.80 bits per heavy atom. The molecule has 0 aromatic heterocycles. The fourth-order valence-corrected chi connectivity index (χ4v) is 2.26. The van der Waals surface area contributed by atoms with Crippen LogP contribution in [0.4, 0.5) is 0 Å². The zero-order valence-electron chi connectivity index (χ0n) is 5.49. The Labute approximate surface area is 58.9 Å². The van der Waals surface area contributed by atoms with Gasteiger partial charge in [-0.1, -0.05) is 12.2 Å². The van der Waals surface area contributed by atoms with Crippen molar-refractivity contribution in [2.75, 3.05) is 0 Å². The van der Waals surface area contributed by atoms with Gasteiger partial charge in [-0.25, -0.2) is 0 Å². The van der Waals surface area contributed by atoms with E-state index in [0.717, 1.165) is 6.42 Å². The molecule has 1 saturated carbocycles. The fraction of sp³-hybridized carbons (Fsp3) is 0.625. The van der Waals surface area contributed by atoms with E-state index < -0.39 is 0 Å². The molecule has 0 radical (unpaired) electrons. The van der Waals surface area contributed by atoms with E-state index >= 15 is 0 Å². The largest absolute Gasteiger partial charge is 0.366 e. The molecule has 0 aromatic rings. The van der Waals surface area contributed by atoms with E-state index in [9.17, 15) is 4.79 Å². The van der Waals surface area contributed by atoms with Crippen LogP contribution in [-0.4, -0.2) is 18.0 Å². The molecule has 2 fully saturated rings. The van der Waals surface area contributed by atoms with Crippen LogP contribution in [0.5, 0.6) is 0 Å². The predicted molar refractivity (Wildman–Crippen MR) is 34.4 cm³/mol. The van der Waals surface area contributed by atoms with E-state index in [4.69, 9.17) is 4.74 Å². The standard InChI is InChI=1S/C8H8O2/c9-5-3-4-6-1-2-7(10-6)8(4)5/h1-2,4,6-8H,3H2/t4-,6-,7+,8+/m0/s1. The number of carbonyl (C=O) groups is 1. The lowest BCUT2D eigenvalue weighted by Gasteiger charge is -2.32. The van der Waals surface area contributed by atoms with Crippen molar-refractivity contribution in [1.82, 2.24) is 0 Å². The first-order valence-corrected chi connectivity index (χ1v) is 3.73. The molecule has 3 aliphatic rings. The van der Waals surface area contributed by atoms with Gasteiger partial charge in [0.05, 0.1) is 18.1 Å². The van der Waals surface area contributed by atoms with Crippen molar-refractivity contribution >= 4 is 5.78 Å². The summed E-state index contributed by atoms with van der Waals surface area (Å²) in [7, 11) is 0. The van der Waals surface area contributed by atoms with E-state index in [2.05, 4.69) is 6.08 Å². The van der Waals surface area contributed by atoms with Gasteiger partial charge in [-0.3, -0.25) is 4.79 Å². The smallest absolute Gasteiger partial charge is 0.139 e. The third-order valence-electron chi connectivity index (χ3n) is 2.85. The minimum atomic E-state index is 0.149. The van der Waals surface area contributed by atoms with E-state index in [1.165, 1.54) is 0 Å². The highest BCUT2D eigenvalue weighted by atomic mass is 16.5. The summed E-state index contributed by atoms with van der Waals surface area (Å²) in [6.07, 6.45) is 5.32. The number of carbonyl (C=O) groups excluding carboxylic acids is 1. The Morgan fingerprint density at radius 2 is 2.20 bits per heavy atom. The lowest BCUT2D eigenvalue weighted by molar-refractivity contribution is -0.133. The average molecular weight is 136 g/mol. The first-order valence-electron chi connectivity index (χ1n) is 3.73. The molecule has 0 amide bonds. The molecule has 1 aliphatic carbocycles. The normalized spacial score (nSPS) is 55.0. The van der Waals surface area contributed by atoms with Crippen LogP contribution in [-0.2, 0) is 9.53 Å². The molecule has 0 N–H and O–H groups in total. The van der Waals surface area contributed by atoms with Gasteiger partial charge in [-0.2, -0.15) is 0 Å². The summed E-state index contributed by atoms with van der Waals surface area (Å²) in [5, 5.41) is 0. The second-order valence-electron chi connectivity index (χ2n) is 3.31. The SMILES string of the molecule is O=C1C[C@@H]2[C@H]1[C@H]1C=C[C@@H]2O1. The summed E-state index contributed by atoms with van der Waals surface area (Å²) in [6.45, 7) is 0. The molecule has 4 atom stereocenters. The molecule has 2 aliphatic heterocycles.